The van der Waals surface area contributed by atoms with Gasteiger partial charge in [-0.1, -0.05) is 37.6 Å². The summed E-state index contributed by atoms with van der Waals surface area (Å²) in [5.74, 6) is -0.506. The van der Waals surface area contributed by atoms with E-state index in [2.05, 4.69) is 6.08 Å². The molecule has 0 amide bonds. The van der Waals surface area contributed by atoms with Gasteiger partial charge in [-0.05, 0) is 51.0 Å². The highest BCUT2D eigenvalue weighted by Crippen LogP contribution is 2.59. The van der Waals surface area contributed by atoms with Crippen molar-refractivity contribution >= 4 is 11.8 Å². The molecule has 24 heavy (non-hydrogen) atoms. The first kappa shape index (κ1) is 20.4. The summed E-state index contributed by atoms with van der Waals surface area (Å²) in [5.41, 5.74) is 2.80. The molecule has 2 aliphatic rings. The molecule has 0 aromatic rings. The number of hydrogen-bond acceptors (Lipinski definition) is 3. The summed E-state index contributed by atoms with van der Waals surface area (Å²) in [7, 11) is 0. The molecule has 134 valence electrons. The first-order chi connectivity index (χ1) is 11.0. The Labute approximate surface area is 145 Å². The Morgan fingerprint density at radius 1 is 1.33 bits per heavy atom. The van der Waals surface area contributed by atoms with E-state index in [9.17, 15) is 14.7 Å². The zero-order valence-electron chi connectivity index (χ0n) is 15.6. The van der Waals surface area contributed by atoms with Crippen LogP contribution in [-0.4, -0.2) is 28.1 Å². The molecule has 4 nitrogen and oxygen atoms in total. The number of carbonyl (C=O) groups is 2. The van der Waals surface area contributed by atoms with E-state index in [4.69, 9.17) is 5.11 Å². The number of aliphatic hydroxyl groups excluding tert-OH is 1. The van der Waals surface area contributed by atoms with Gasteiger partial charge < -0.3 is 10.2 Å². The topological polar surface area (TPSA) is 74.6 Å². The molecule has 0 spiro atoms. The van der Waals surface area contributed by atoms with Crippen molar-refractivity contribution in [3.63, 3.8) is 0 Å². The van der Waals surface area contributed by atoms with E-state index < -0.39 is 12.1 Å². The average Bonchev–Trinajstić information content (AvgIpc) is 2.89. The number of Topliss-reactive ketones (excluding diaryl/α,β-unsaturated/α-hetero) is 1. The Kier molecular flexibility index (Phi) is 6.73. The van der Waals surface area contributed by atoms with Gasteiger partial charge in [0.05, 0.1) is 12.0 Å². The molecule has 1 fully saturated rings. The SMILES string of the molecule is CC(C)=CC1C(C(=O)O)C1(C)C.CC=CCC1=C(C)C(O)CC1=O. The van der Waals surface area contributed by atoms with E-state index in [-0.39, 0.29) is 29.5 Å². The number of ketones is 1. The van der Waals surface area contributed by atoms with E-state index in [1.165, 1.54) is 5.57 Å². The van der Waals surface area contributed by atoms with Gasteiger partial charge in [-0.15, -0.1) is 0 Å². The van der Waals surface area contributed by atoms with Crippen LogP contribution < -0.4 is 0 Å². The predicted octanol–water partition coefficient (Wildman–Crippen LogP) is 3.91. The first-order valence-corrected chi connectivity index (χ1v) is 8.43. The number of rotatable bonds is 4. The van der Waals surface area contributed by atoms with Crippen molar-refractivity contribution < 1.29 is 19.8 Å². The number of aliphatic carboxylic acids is 1. The van der Waals surface area contributed by atoms with Gasteiger partial charge in [-0.2, -0.15) is 0 Å². The number of carboxylic acid groups (broad SMARTS) is 1. The van der Waals surface area contributed by atoms with Crippen LogP contribution in [0.4, 0.5) is 0 Å². The smallest absolute Gasteiger partial charge is 0.307 e. The molecule has 0 aliphatic heterocycles. The maximum atomic E-state index is 11.2. The summed E-state index contributed by atoms with van der Waals surface area (Å²) in [6.45, 7) is 11.8. The molecule has 0 heterocycles. The average molecular weight is 334 g/mol. The summed E-state index contributed by atoms with van der Waals surface area (Å²) < 4.78 is 0. The maximum Gasteiger partial charge on any atom is 0.307 e. The second-order valence-corrected chi connectivity index (χ2v) is 7.48. The number of allylic oxidation sites excluding steroid dienone is 5. The molecular formula is C20H30O4. The summed E-state index contributed by atoms with van der Waals surface area (Å²) in [6.07, 6.45) is 6.33. The third-order valence-electron chi connectivity index (χ3n) is 4.94. The Morgan fingerprint density at radius 2 is 1.92 bits per heavy atom. The molecule has 4 heteroatoms. The largest absolute Gasteiger partial charge is 0.481 e. The fraction of sp³-hybridized carbons (Fsp3) is 0.600. The van der Waals surface area contributed by atoms with Crippen molar-refractivity contribution in [2.75, 3.05) is 0 Å². The third kappa shape index (κ3) is 4.67. The monoisotopic (exact) mass is 334 g/mol. The molecule has 3 atom stereocenters. The van der Waals surface area contributed by atoms with Gasteiger partial charge in [-0.3, -0.25) is 9.59 Å². The lowest BCUT2D eigenvalue weighted by atomic mass is 10.1. The molecule has 0 aromatic carbocycles. The van der Waals surface area contributed by atoms with Gasteiger partial charge in [0, 0.05) is 12.0 Å². The van der Waals surface area contributed by atoms with E-state index in [0.717, 1.165) is 11.1 Å². The van der Waals surface area contributed by atoms with Gasteiger partial charge in [0.25, 0.3) is 0 Å². The number of carbonyl (C=O) groups excluding carboxylic acids is 1. The second-order valence-electron chi connectivity index (χ2n) is 7.48. The standard InChI is InChI=1S/C10H16O2.C10H14O2/c1-6(2)5-7-8(9(11)12)10(7,3)4;1-3-4-5-8-7(2)9(11)6-10(8)12/h5,7-8H,1-4H3,(H,11,12);3-4,9,11H,5-6H2,1-2H3. The molecule has 0 saturated heterocycles. The molecule has 1 saturated carbocycles. The van der Waals surface area contributed by atoms with Crippen LogP contribution in [0.1, 0.15) is 54.4 Å². The minimum Gasteiger partial charge on any atom is -0.481 e. The van der Waals surface area contributed by atoms with Crippen LogP contribution in [0.15, 0.2) is 34.9 Å². The number of aliphatic hydroxyl groups is 1. The fourth-order valence-corrected chi connectivity index (χ4v) is 3.20. The van der Waals surface area contributed by atoms with Crippen LogP contribution in [0.5, 0.6) is 0 Å². The highest BCUT2D eigenvalue weighted by molar-refractivity contribution is 5.99. The van der Waals surface area contributed by atoms with Crippen LogP contribution in [0, 0.1) is 17.3 Å². The summed E-state index contributed by atoms with van der Waals surface area (Å²) >= 11 is 0. The fourth-order valence-electron chi connectivity index (χ4n) is 3.20. The van der Waals surface area contributed by atoms with Crippen molar-refractivity contribution in [2.45, 2.75) is 60.5 Å². The van der Waals surface area contributed by atoms with Gasteiger partial charge >= 0.3 is 5.97 Å². The van der Waals surface area contributed by atoms with Crippen LogP contribution in [0.2, 0.25) is 0 Å². The molecule has 2 aliphatic carbocycles. The van der Waals surface area contributed by atoms with Crippen molar-refractivity contribution in [1.82, 2.24) is 0 Å². The summed E-state index contributed by atoms with van der Waals surface area (Å²) in [6, 6.07) is 0. The van der Waals surface area contributed by atoms with Crippen molar-refractivity contribution in [1.29, 1.82) is 0 Å². The molecular weight excluding hydrogens is 304 g/mol. The maximum absolute atomic E-state index is 11.2. The molecule has 2 rings (SSSR count). The van der Waals surface area contributed by atoms with E-state index in [1.54, 1.807) is 0 Å². The molecule has 0 aromatic heterocycles. The first-order valence-electron chi connectivity index (χ1n) is 8.43. The van der Waals surface area contributed by atoms with Gasteiger partial charge in [0.15, 0.2) is 5.78 Å². The molecule has 2 N–H and O–H groups in total. The Balaban J connectivity index is 0.000000240. The lowest BCUT2D eigenvalue weighted by Crippen LogP contribution is -2.03. The lowest BCUT2D eigenvalue weighted by molar-refractivity contribution is -0.139. The molecule has 3 unspecified atom stereocenters. The number of hydrogen-bond donors (Lipinski definition) is 2. The minimum absolute atomic E-state index is 0.0386. The van der Waals surface area contributed by atoms with Crippen molar-refractivity contribution in [3.8, 4) is 0 Å². The van der Waals surface area contributed by atoms with E-state index in [1.807, 2.05) is 53.7 Å². The predicted molar refractivity (Wildman–Crippen MR) is 95.6 cm³/mol. The van der Waals surface area contributed by atoms with Crippen molar-refractivity contribution in [3.05, 3.63) is 34.9 Å². The van der Waals surface area contributed by atoms with Crippen molar-refractivity contribution in [2.24, 2.45) is 17.3 Å². The zero-order valence-corrected chi connectivity index (χ0v) is 15.6. The van der Waals surface area contributed by atoms with E-state index >= 15 is 0 Å². The highest BCUT2D eigenvalue weighted by atomic mass is 16.4. The zero-order chi connectivity index (χ0) is 18.7. The van der Waals surface area contributed by atoms with Crippen LogP contribution in [0.3, 0.4) is 0 Å². The molecule has 0 bridgehead atoms. The third-order valence-corrected chi connectivity index (χ3v) is 4.94. The summed E-state index contributed by atoms with van der Waals surface area (Å²) in [4.78, 5) is 22.0. The normalized spacial score (nSPS) is 27.8. The van der Waals surface area contributed by atoms with Gasteiger partial charge in [0.1, 0.15) is 0 Å². The van der Waals surface area contributed by atoms with Gasteiger partial charge in [0.2, 0.25) is 0 Å². The van der Waals surface area contributed by atoms with Crippen LogP contribution in [0.25, 0.3) is 0 Å². The highest BCUT2D eigenvalue weighted by Gasteiger charge is 2.60. The number of carboxylic acids is 1. The summed E-state index contributed by atoms with van der Waals surface area (Å²) in [5, 5.41) is 18.2. The Morgan fingerprint density at radius 3 is 2.25 bits per heavy atom. The molecule has 0 radical (unpaired) electrons. The Hall–Kier alpha value is -1.68. The Bertz CT molecular complexity index is 589. The quantitative estimate of drug-likeness (QED) is 0.764. The van der Waals surface area contributed by atoms with Gasteiger partial charge in [-0.25, -0.2) is 0 Å². The van der Waals surface area contributed by atoms with Crippen LogP contribution in [-0.2, 0) is 9.59 Å². The minimum atomic E-state index is -0.664. The lowest BCUT2D eigenvalue weighted by Gasteiger charge is -1.99. The van der Waals surface area contributed by atoms with Crippen LogP contribution >= 0.6 is 0 Å². The van der Waals surface area contributed by atoms with E-state index in [0.29, 0.717) is 6.42 Å². The second kappa shape index (κ2) is 7.93.